The van der Waals surface area contributed by atoms with Crippen molar-refractivity contribution in [2.75, 3.05) is 7.11 Å². The highest BCUT2D eigenvalue weighted by Gasteiger charge is 2.08. The van der Waals surface area contributed by atoms with Crippen LogP contribution in [0.4, 0.5) is 0 Å². The fourth-order valence-electron chi connectivity index (χ4n) is 2.43. The molecule has 0 radical (unpaired) electrons. The Labute approximate surface area is 123 Å². The van der Waals surface area contributed by atoms with E-state index in [-0.39, 0.29) is 0 Å². The normalized spacial score (nSPS) is 10.5. The maximum absolute atomic E-state index is 8.99. The first kappa shape index (κ1) is 13.2. The van der Waals surface area contributed by atoms with Gasteiger partial charge >= 0.3 is 0 Å². The monoisotopic (exact) mass is 277 g/mol. The molecular weight excluding hydrogens is 262 g/mol. The summed E-state index contributed by atoms with van der Waals surface area (Å²) in [5.41, 5.74) is 3.80. The summed E-state index contributed by atoms with van der Waals surface area (Å²) in [5.74, 6) is 0.846. The van der Waals surface area contributed by atoms with Gasteiger partial charge in [-0.15, -0.1) is 0 Å². The molecule has 0 amide bonds. The minimum atomic E-state index is 0.662. The SMILES string of the molecule is COc1ccc(Cn2nc(C)c3cc(C#N)ccc32)cc1. The third-order valence-corrected chi connectivity index (χ3v) is 3.56. The predicted octanol–water partition coefficient (Wildman–Crippen LogP) is 3.27. The number of nitriles is 1. The van der Waals surface area contributed by atoms with Gasteiger partial charge in [0.05, 0.1) is 36.5 Å². The van der Waals surface area contributed by atoms with Gasteiger partial charge in [0.2, 0.25) is 0 Å². The zero-order valence-corrected chi connectivity index (χ0v) is 12.0. The molecule has 0 unspecified atom stereocenters. The lowest BCUT2D eigenvalue weighted by Gasteiger charge is -2.05. The lowest BCUT2D eigenvalue weighted by molar-refractivity contribution is 0.414. The van der Waals surface area contributed by atoms with Crippen molar-refractivity contribution in [2.24, 2.45) is 0 Å². The molecule has 3 aromatic rings. The van der Waals surface area contributed by atoms with Crippen LogP contribution >= 0.6 is 0 Å². The molecule has 104 valence electrons. The van der Waals surface area contributed by atoms with E-state index in [0.29, 0.717) is 12.1 Å². The van der Waals surface area contributed by atoms with E-state index in [9.17, 15) is 0 Å². The van der Waals surface area contributed by atoms with Crippen LogP contribution in [-0.2, 0) is 6.54 Å². The van der Waals surface area contributed by atoms with E-state index in [2.05, 4.69) is 11.2 Å². The minimum Gasteiger partial charge on any atom is -0.497 e. The lowest BCUT2D eigenvalue weighted by atomic mass is 10.1. The van der Waals surface area contributed by atoms with Gasteiger partial charge in [0.1, 0.15) is 5.75 Å². The molecule has 3 rings (SSSR count). The highest BCUT2D eigenvalue weighted by molar-refractivity contribution is 5.83. The molecule has 1 heterocycles. The van der Waals surface area contributed by atoms with Crippen LogP contribution in [0.3, 0.4) is 0 Å². The average molecular weight is 277 g/mol. The quantitative estimate of drug-likeness (QED) is 0.738. The van der Waals surface area contributed by atoms with E-state index < -0.39 is 0 Å². The van der Waals surface area contributed by atoms with Crippen molar-refractivity contribution >= 4 is 10.9 Å². The molecule has 21 heavy (non-hydrogen) atoms. The van der Waals surface area contributed by atoms with Crippen molar-refractivity contribution < 1.29 is 4.74 Å². The van der Waals surface area contributed by atoms with Gasteiger partial charge in [-0.1, -0.05) is 12.1 Å². The lowest BCUT2D eigenvalue weighted by Crippen LogP contribution is -2.01. The summed E-state index contributed by atoms with van der Waals surface area (Å²) in [6, 6.07) is 15.8. The van der Waals surface area contributed by atoms with Gasteiger partial charge in [-0.05, 0) is 42.8 Å². The molecule has 0 saturated heterocycles. The molecule has 0 saturated carbocycles. The Bertz CT molecular complexity index is 826. The second kappa shape index (κ2) is 5.29. The minimum absolute atomic E-state index is 0.662. The Morgan fingerprint density at radius 3 is 2.62 bits per heavy atom. The van der Waals surface area contributed by atoms with Gasteiger partial charge in [0, 0.05) is 5.39 Å². The van der Waals surface area contributed by atoms with E-state index in [1.807, 2.05) is 54.1 Å². The Morgan fingerprint density at radius 1 is 1.19 bits per heavy atom. The smallest absolute Gasteiger partial charge is 0.118 e. The molecule has 0 bridgehead atoms. The number of methoxy groups -OCH3 is 1. The van der Waals surface area contributed by atoms with E-state index in [4.69, 9.17) is 10.00 Å². The van der Waals surface area contributed by atoms with Crippen LogP contribution in [0.1, 0.15) is 16.8 Å². The molecule has 0 atom stereocenters. The maximum Gasteiger partial charge on any atom is 0.118 e. The Balaban J connectivity index is 1.98. The molecule has 0 aliphatic heterocycles. The van der Waals surface area contributed by atoms with E-state index in [1.165, 1.54) is 0 Å². The number of ether oxygens (including phenoxy) is 1. The zero-order chi connectivity index (χ0) is 14.8. The summed E-state index contributed by atoms with van der Waals surface area (Å²) in [5, 5.41) is 14.6. The molecule has 4 nitrogen and oxygen atoms in total. The molecule has 2 aromatic carbocycles. The van der Waals surface area contributed by atoms with Crippen molar-refractivity contribution in [2.45, 2.75) is 13.5 Å². The number of aromatic nitrogens is 2. The van der Waals surface area contributed by atoms with Gasteiger partial charge in [-0.2, -0.15) is 10.4 Å². The number of aryl methyl sites for hydroxylation is 1. The first-order chi connectivity index (χ1) is 10.2. The summed E-state index contributed by atoms with van der Waals surface area (Å²) in [6.45, 7) is 2.66. The fraction of sp³-hybridized carbons (Fsp3) is 0.176. The maximum atomic E-state index is 8.99. The van der Waals surface area contributed by atoms with Crippen molar-refractivity contribution in [3.63, 3.8) is 0 Å². The average Bonchev–Trinajstić information content (AvgIpc) is 2.83. The fourth-order valence-corrected chi connectivity index (χ4v) is 2.43. The number of hydrogen-bond acceptors (Lipinski definition) is 3. The number of nitrogens with zero attached hydrogens (tertiary/aromatic N) is 3. The second-order valence-electron chi connectivity index (χ2n) is 4.93. The van der Waals surface area contributed by atoms with Crippen molar-refractivity contribution in [1.29, 1.82) is 5.26 Å². The summed E-state index contributed by atoms with van der Waals surface area (Å²) in [6.07, 6.45) is 0. The van der Waals surface area contributed by atoms with E-state index >= 15 is 0 Å². The highest BCUT2D eigenvalue weighted by Crippen LogP contribution is 2.21. The van der Waals surface area contributed by atoms with Crippen molar-refractivity contribution in [3.8, 4) is 11.8 Å². The van der Waals surface area contributed by atoms with Gasteiger partial charge < -0.3 is 4.74 Å². The molecule has 0 aliphatic carbocycles. The Kier molecular flexibility index (Phi) is 3.33. The Morgan fingerprint density at radius 2 is 1.95 bits per heavy atom. The zero-order valence-electron chi connectivity index (χ0n) is 12.0. The van der Waals surface area contributed by atoms with Crippen LogP contribution in [0, 0.1) is 18.3 Å². The van der Waals surface area contributed by atoms with Crippen LogP contribution < -0.4 is 4.74 Å². The summed E-state index contributed by atoms with van der Waals surface area (Å²) in [7, 11) is 1.66. The topological polar surface area (TPSA) is 50.8 Å². The van der Waals surface area contributed by atoms with Gasteiger partial charge in [-0.3, -0.25) is 4.68 Å². The predicted molar refractivity (Wildman–Crippen MR) is 81.3 cm³/mol. The third-order valence-electron chi connectivity index (χ3n) is 3.56. The molecule has 0 aliphatic rings. The van der Waals surface area contributed by atoms with Gasteiger partial charge in [0.15, 0.2) is 0 Å². The number of hydrogen-bond donors (Lipinski definition) is 0. The summed E-state index contributed by atoms with van der Waals surface area (Å²) in [4.78, 5) is 0. The summed E-state index contributed by atoms with van der Waals surface area (Å²) >= 11 is 0. The standard InChI is InChI=1S/C17H15N3O/c1-12-16-9-14(10-18)5-8-17(16)20(19-12)11-13-3-6-15(21-2)7-4-13/h3-9H,11H2,1-2H3. The molecular formula is C17H15N3O. The Hall–Kier alpha value is -2.80. The van der Waals surface area contributed by atoms with Crippen LogP contribution in [0.5, 0.6) is 5.75 Å². The molecule has 4 heteroatoms. The first-order valence-corrected chi connectivity index (χ1v) is 6.71. The third kappa shape index (κ3) is 2.46. The van der Waals surface area contributed by atoms with Crippen LogP contribution in [0.2, 0.25) is 0 Å². The van der Waals surface area contributed by atoms with Gasteiger partial charge in [0.25, 0.3) is 0 Å². The second-order valence-corrected chi connectivity index (χ2v) is 4.93. The molecule has 0 spiro atoms. The number of benzene rings is 2. The highest BCUT2D eigenvalue weighted by atomic mass is 16.5. The van der Waals surface area contributed by atoms with Crippen LogP contribution in [0.25, 0.3) is 10.9 Å². The van der Waals surface area contributed by atoms with Crippen molar-refractivity contribution in [1.82, 2.24) is 9.78 Å². The number of rotatable bonds is 3. The summed E-state index contributed by atoms with van der Waals surface area (Å²) < 4.78 is 7.13. The van der Waals surface area contributed by atoms with E-state index in [1.54, 1.807) is 7.11 Å². The van der Waals surface area contributed by atoms with Crippen LogP contribution in [0.15, 0.2) is 42.5 Å². The number of fused-ring (bicyclic) bond motifs is 1. The molecule has 0 fully saturated rings. The van der Waals surface area contributed by atoms with Gasteiger partial charge in [-0.25, -0.2) is 0 Å². The first-order valence-electron chi connectivity index (χ1n) is 6.71. The van der Waals surface area contributed by atoms with E-state index in [0.717, 1.165) is 27.9 Å². The molecule has 0 N–H and O–H groups in total. The van der Waals surface area contributed by atoms with Crippen LogP contribution in [-0.4, -0.2) is 16.9 Å². The largest absolute Gasteiger partial charge is 0.497 e. The molecule has 1 aromatic heterocycles. The van der Waals surface area contributed by atoms with Crippen molar-refractivity contribution in [3.05, 3.63) is 59.3 Å².